The highest BCUT2D eigenvalue weighted by molar-refractivity contribution is 7.14. The van der Waals surface area contributed by atoms with E-state index in [1.807, 2.05) is 6.07 Å². The molecule has 3 aromatic rings. The van der Waals surface area contributed by atoms with Crippen molar-refractivity contribution in [1.82, 2.24) is 15.0 Å². The van der Waals surface area contributed by atoms with Crippen LogP contribution in [0.4, 0.5) is 5.95 Å². The maximum absolute atomic E-state index is 11.7. The zero-order valence-corrected chi connectivity index (χ0v) is 12.5. The van der Waals surface area contributed by atoms with Crippen LogP contribution >= 0.6 is 11.3 Å². The summed E-state index contributed by atoms with van der Waals surface area (Å²) in [6.07, 6.45) is 2.51. The fraction of sp³-hybridized carbons (Fsp3) is 0.214. The zero-order valence-electron chi connectivity index (χ0n) is 11.7. The lowest BCUT2D eigenvalue weighted by Gasteiger charge is -1.97. The molecule has 0 saturated carbocycles. The third-order valence-electron chi connectivity index (χ3n) is 3.34. The Kier molecular flexibility index (Phi) is 3.68. The first-order chi connectivity index (χ1) is 10.5. The number of anilines is 1. The Balaban J connectivity index is 1.67. The van der Waals surface area contributed by atoms with Crippen LogP contribution in [0.15, 0.2) is 23.0 Å². The Labute approximate surface area is 129 Å². The van der Waals surface area contributed by atoms with Gasteiger partial charge >= 0.3 is 0 Å². The number of hydrogen-bond acceptors (Lipinski definition) is 5. The predicted molar refractivity (Wildman–Crippen MR) is 86.0 cm³/mol. The number of H-pyrrole nitrogens is 2. The number of primary amides is 1. The van der Waals surface area contributed by atoms with Crippen LogP contribution in [0.2, 0.25) is 0 Å². The number of aryl methyl sites for hydroxylation is 2. The molecule has 0 bridgehead atoms. The number of aromatic nitrogens is 3. The van der Waals surface area contributed by atoms with Crippen molar-refractivity contribution < 1.29 is 4.79 Å². The SMILES string of the molecule is NC(=O)c1ccc(CCCc2cc3c(=O)[nH]c(N)nc3[nH]2)s1. The maximum atomic E-state index is 11.7. The third kappa shape index (κ3) is 2.86. The molecule has 0 aromatic carbocycles. The van der Waals surface area contributed by atoms with Gasteiger partial charge in [0.25, 0.3) is 11.5 Å². The summed E-state index contributed by atoms with van der Waals surface area (Å²) in [4.78, 5) is 34.1. The fourth-order valence-corrected chi connectivity index (χ4v) is 3.23. The van der Waals surface area contributed by atoms with Gasteiger partial charge in [-0.1, -0.05) is 0 Å². The second-order valence-electron chi connectivity index (χ2n) is 4.99. The van der Waals surface area contributed by atoms with Gasteiger partial charge in [0.05, 0.1) is 10.3 Å². The van der Waals surface area contributed by atoms with E-state index < -0.39 is 5.91 Å². The largest absolute Gasteiger partial charge is 0.369 e. The number of amides is 1. The van der Waals surface area contributed by atoms with Gasteiger partial charge in [-0.3, -0.25) is 14.6 Å². The van der Waals surface area contributed by atoms with Crippen molar-refractivity contribution in [3.8, 4) is 0 Å². The predicted octanol–water partition coefficient (Wildman–Crippen LogP) is 1.17. The van der Waals surface area contributed by atoms with Crippen LogP contribution in [-0.4, -0.2) is 20.9 Å². The average Bonchev–Trinajstić information content (AvgIpc) is 3.05. The fourth-order valence-electron chi connectivity index (χ4n) is 2.32. The van der Waals surface area contributed by atoms with E-state index in [-0.39, 0.29) is 11.5 Å². The van der Waals surface area contributed by atoms with Crippen LogP contribution in [0.5, 0.6) is 0 Å². The minimum Gasteiger partial charge on any atom is -0.369 e. The first kappa shape index (κ1) is 14.3. The number of fused-ring (bicyclic) bond motifs is 1. The van der Waals surface area contributed by atoms with Crippen molar-refractivity contribution in [2.24, 2.45) is 5.73 Å². The van der Waals surface area contributed by atoms with E-state index in [1.54, 1.807) is 12.1 Å². The molecule has 0 unspecified atom stereocenters. The molecule has 0 spiro atoms. The Morgan fingerprint density at radius 1 is 1.27 bits per heavy atom. The van der Waals surface area contributed by atoms with Crippen molar-refractivity contribution in [2.45, 2.75) is 19.3 Å². The summed E-state index contributed by atoms with van der Waals surface area (Å²) >= 11 is 1.42. The first-order valence-electron chi connectivity index (χ1n) is 6.79. The Hall–Kier alpha value is -2.61. The number of hydrogen-bond donors (Lipinski definition) is 4. The van der Waals surface area contributed by atoms with Crippen LogP contribution < -0.4 is 17.0 Å². The topological polar surface area (TPSA) is 131 Å². The van der Waals surface area contributed by atoms with Crippen LogP contribution in [0.3, 0.4) is 0 Å². The van der Waals surface area contributed by atoms with Crippen molar-refractivity contribution in [2.75, 3.05) is 5.73 Å². The highest BCUT2D eigenvalue weighted by atomic mass is 32.1. The van der Waals surface area contributed by atoms with Gasteiger partial charge < -0.3 is 16.5 Å². The number of rotatable bonds is 5. The highest BCUT2D eigenvalue weighted by Crippen LogP contribution is 2.19. The molecule has 3 heterocycles. The van der Waals surface area contributed by atoms with E-state index >= 15 is 0 Å². The minimum absolute atomic E-state index is 0.100. The minimum atomic E-state index is -0.394. The molecular formula is C14H15N5O2S. The molecule has 0 fully saturated rings. The van der Waals surface area contributed by atoms with Crippen LogP contribution in [-0.2, 0) is 12.8 Å². The molecule has 114 valence electrons. The van der Waals surface area contributed by atoms with Gasteiger partial charge in [0, 0.05) is 10.6 Å². The number of thiophene rings is 1. The molecule has 0 radical (unpaired) electrons. The van der Waals surface area contributed by atoms with E-state index in [0.717, 1.165) is 29.8 Å². The average molecular weight is 317 g/mol. The molecular weight excluding hydrogens is 302 g/mol. The number of nitrogens with zero attached hydrogens (tertiary/aromatic N) is 1. The summed E-state index contributed by atoms with van der Waals surface area (Å²) in [7, 11) is 0. The molecule has 0 atom stereocenters. The van der Waals surface area contributed by atoms with Gasteiger partial charge in [0.15, 0.2) is 0 Å². The lowest BCUT2D eigenvalue weighted by atomic mass is 10.1. The molecule has 0 aliphatic carbocycles. The van der Waals surface area contributed by atoms with Gasteiger partial charge in [-0.05, 0) is 37.5 Å². The van der Waals surface area contributed by atoms with Gasteiger partial charge in [-0.25, -0.2) is 0 Å². The van der Waals surface area contributed by atoms with Crippen molar-refractivity contribution >= 4 is 34.2 Å². The molecule has 0 saturated heterocycles. The lowest BCUT2D eigenvalue weighted by Crippen LogP contribution is -2.09. The summed E-state index contributed by atoms with van der Waals surface area (Å²) in [5.74, 6) is -0.293. The lowest BCUT2D eigenvalue weighted by molar-refractivity contribution is 0.100. The van der Waals surface area contributed by atoms with Crippen molar-refractivity contribution in [1.29, 1.82) is 0 Å². The van der Waals surface area contributed by atoms with E-state index in [2.05, 4.69) is 15.0 Å². The summed E-state index contributed by atoms with van der Waals surface area (Å²) in [5.41, 5.74) is 11.9. The number of carbonyl (C=O) groups is 1. The molecule has 8 heteroatoms. The molecule has 22 heavy (non-hydrogen) atoms. The van der Waals surface area contributed by atoms with Crippen molar-refractivity contribution in [3.05, 3.63) is 44.0 Å². The number of nitrogens with one attached hydrogen (secondary N) is 2. The Morgan fingerprint density at radius 2 is 2.09 bits per heavy atom. The van der Waals surface area contributed by atoms with Gasteiger partial charge in [0.2, 0.25) is 5.95 Å². The number of nitrogens with two attached hydrogens (primary N) is 2. The van der Waals surface area contributed by atoms with E-state index in [0.29, 0.717) is 15.9 Å². The van der Waals surface area contributed by atoms with Gasteiger partial charge in [0.1, 0.15) is 5.65 Å². The number of nitrogen functional groups attached to an aromatic ring is 1. The molecule has 3 rings (SSSR count). The van der Waals surface area contributed by atoms with Crippen LogP contribution in [0.25, 0.3) is 11.0 Å². The highest BCUT2D eigenvalue weighted by Gasteiger charge is 2.08. The summed E-state index contributed by atoms with van der Waals surface area (Å²) in [6, 6.07) is 5.46. The summed E-state index contributed by atoms with van der Waals surface area (Å²) in [5, 5.41) is 0.510. The molecule has 1 amide bonds. The first-order valence-corrected chi connectivity index (χ1v) is 7.60. The standard InChI is InChI=1S/C14H15N5O2S/c15-11(20)10-5-4-8(22-10)3-1-2-7-6-9-12(17-7)18-14(16)19-13(9)21/h4-6H,1-3H2,(H2,15,20)(H4,16,17,18,19,21). The molecule has 3 aromatic heterocycles. The van der Waals surface area contributed by atoms with Crippen LogP contribution in [0.1, 0.15) is 26.7 Å². The molecule has 0 aliphatic rings. The molecule has 6 N–H and O–H groups in total. The van der Waals surface area contributed by atoms with Gasteiger partial charge in [-0.2, -0.15) is 4.98 Å². The third-order valence-corrected chi connectivity index (χ3v) is 4.50. The van der Waals surface area contributed by atoms with Crippen LogP contribution in [0, 0.1) is 0 Å². The quantitative estimate of drug-likeness (QED) is 0.562. The molecule has 0 aliphatic heterocycles. The number of aromatic amines is 2. The maximum Gasteiger partial charge on any atom is 0.261 e. The van der Waals surface area contributed by atoms with E-state index in [9.17, 15) is 9.59 Å². The Morgan fingerprint density at radius 3 is 2.82 bits per heavy atom. The second-order valence-corrected chi connectivity index (χ2v) is 6.16. The normalized spacial score (nSPS) is 11.1. The van der Waals surface area contributed by atoms with E-state index in [4.69, 9.17) is 11.5 Å². The summed E-state index contributed by atoms with van der Waals surface area (Å²) < 4.78 is 0. The smallest absolute Gasteiger partial charge is 0.261 e. The van der Waals surface area contributed by atoms with Crippen molar-refractivity contribution in [3.63, 3.8) is 0 Å². The zero-order chi connectivity index (χ0) is 15.7. The second kappa shape index (κ2) is 5.64. The summed E-state index contributed by atoms with van der Waals surface area (Å²) in [6.45, 7) is 0. The van der Waals surface area contributed by atoms with Gasteiger partial charge in [-0.15, -0.1) is 11.3 Å². The van der Waals surface area contributed by atoms with E-state index in [1.165, 1.54) is 11.3 Å². The Bertz CT molecular complexity index is 892. The molecule has 7 nitrogen and oxygen atoms in total. The number of carbonyl (C=O) groups excluding carboxylic acids is 1. The monoisotopic (exact) mass is 317 g/mol.